The Balaban J connectivity index is 2.16. The molecule has 0 atom stereocenters. The first-order valence-electron chi connectivity index (χ1n) is 6.07. The Kier molecular flexibility index (Phi) is 3.85. The number of amides is 1. The van der Waals surface area contributed by atoms with E-state index in [1.807, 2.05) is 39.0 Å². The lowest BCUT2D eigenvalue weighted by molar-refractivity contribution is 0.102. The molecule has 1 aromatic heterocycles. The minimum Gasteiger partial charge on any atom is -0.450 e. The van der Waals surface area contributed by atoms with Gasteiger partial charge in [0.15, 0.2) is 5.69 Å². The molecule has 0 radical (unpaired) electrons. The Bertz CT molecular complexity index is 570. The van der Waals surface area contributed by atoms with Crippen molar-refractivity contribution in [3.8, 4) is 6.08 Å². The van der Waals surface area contributed by atoms with Crippen molar-refractivity contribution in [2.75, 3.05) is 11.9 Å². The van der Waals surface area contributed by atoms with Crippen LogP contribution in [0.15, 0.2) is 28.9 Å². The summed E-state index contributed by atoms with van der Waals surface area (Å²) in [6.07, 6.45) is 1.39. The first-order valence-corrected chi connectivity index (χ1v) is 6.07. The van der Waals surface area contributed by atoms with E-state index in [4.69, 9.17) is 9.15 Å². The van der Waals surface area contributed by atoms with Crippen LogP contribution in [-0.2, 0) is 0 Å². The number of anilines is 1. The summed E-state index contributed by atoms with van der Waals surface area (Å²) < 4.78 is 10.1. The highest BCUT2D eigenvalue weighted by Crippen LogP contribution is 2.20. The number of carbonyl (C=O) groups is 1. The molecule has 19 heavy (non-hydrogen) atoms. The number of benzene rings is 1. The van der Waals surface area contributed by atoms with Gasteiger partial charge < -0.3 is 14.5 Å². The van der Waals surface area contributed by atoms with E-state index in [-0.39, 0.29) is 17.7 Å². The van der Waals surface area contributed by atoms with Gasteiger partial charge in [-0.15, -0.1) is 0 Å². The molecule has 2 rings (SSSR count). The fourth-order valence-electron chi connectivity index (χ4n) is 1.74. The van der Waals surface area contributed by atoms with Gasteiger partial charge in [-0.1, -0.05) is 18.2 Å². The molecule has 0 spiro atoms. The largest absolute Gasteiger partial charge is 0.450 e. The molecule has 0 bridgehead atoms. The lowest BCUT2D eigenvalue weighted by Gasteiger charge is -2.09. The Morgan fingerprint density at radius 2 is 2.05 bits per heavy atom. The number of para-hydroxylation sites is 1. The Labute approximate surface area is 111 Å². The molecule has 1 aromatic carbocycles. The lowest BCUT2D eigenvalue weighted by atomic mass is 10.1. The summed E-state index contributed by atoms with van der Waals surface area (Å²) in [5.74, 6) is -0.313. The highest BCUT2D eigenvalue weighted by Gasteiger charge is 2.14. The molecule has 2 aromatic rings. The second kappa shape index (κ2) is 5.56. The van der Waals surface area contributed by atoms with Gasteiger partial charge in [-0.25, -0.2) is 0 Å². The zero-order valence-electron chi connectivity index (χ0n) is 11.2. The monoisotopic (exact) mass is 260 g/mol. The van der Waals surface area contributed by atoms with E-state index >= 15 is 0 Å². The summed E-state index contributed by atoms with van der Waals surface area (Å²) in [6.45, 7) is 6.15. The summed E-state index contributed by atoms with van der Waals surface area (Å²) in [7, 11) is 0. The van der Waals surface area contributed by atoms with Crippen LogP contribution in [-0.4, -0.2) is 17.5 Å². The van der Waals surface area contributed by atoms with Crippen molar-refractivity contribution in [1.82, 2.24) is 4.98 Å². The summed E-state index contributed by atoms with van der Waals surface area (Å²) >= 11 is 0. The molecule has 0 aliphatic heterocycles. The smallest absolute Gasteiger partial charge is 0.394 e. The molecule has 0 saturated carbocycles. The molecule has 0 unspecified atom stereocenters. The molecule has 5 nitrogen and oxygen atoms in total. The number of nitrogens with one attached hydrogen (secondary N) is 1. The van der Waals surface area contributed by atoms with Crippen LogP contribution >= 0.6 is 0 Å². The van der Waals surface area contributed by atoms with Gasteiger partial charge in [0, 0.05) is 5.69 Å². The molecule has 1 N–H and O–H groups in total. The quantitative estimate of drug-likeness (QED) is 0.918. The number of ether oxygens (including phenoxy) is 1. The van der Waals surface area contributed by atoms with Crippen molar-refractivity contribution in [2.24, 2.45) is 0 Å². The lowest BCUT2D eigenvalue weighted by Crippen LogP contribution is -2.14. The third-order valence-corrected chi connectivity index (χ3v) is 2.70. The number of nitrogens with zero attached hydrogens (tertiary/aromatic N) is 1. The second-order valence-corrected chi connectivity index (χ2v) is 4.15. The summed E-state index contributed by atoms with van der Waals surface area (Å²) in [6, 6.07) is 5.83. The zero-order chi connectivity index (χ0) is 13.8. The molecular formula is C14H16N2O3. The number of aryl methyl sites for hydroxylation is 2. The minimum absolute atomic E-state index is 0.106. The number of carbonyl (C=O) groups excluding carboxylic acids is 1. The maximum atomic E-state index is 12.0. The first kappa shape index (κ1) is 13.1. The Hall–Kier alpha value is -2.30. The van der Waals surface area contributed by atoms with Crippen LogP contribution in [0.4, 0.5) is 5.69 Å². The average Bonchev–Trinajstić information content (AvgIpc) is 2.83. The van der Waals surface area contributed by atoms with Crippen LogP contribution in [0.2, 0.25) is 0 Å². The van der Waals surface area contributed by atoms with Gasteiger partial charge in [-0.2, -0.15) is 4.98 Å². The van der Waals surface area contributed by atoms with Crippen LogP contribution in [0.5, 0.6) is 6.08 Å². The molecule has 100 valence electrons. The van der Waals surface area contributed by atoms with Crippen molar-refractivity contribution >= 4 is 11.6 Å². The highest BCUT2D eigenvalue weighted by atomic mass is 16.6. The van der Waals surface area contributed by atoms with Crippen LogP contribution in [0, 0.1) is 13.8 Å². The topological polar surface area (TPSA) is 64.4 Å². The van der Waals surface area contributed by atoms with E-state index in [1.54, 1.807) is 0 Å². The van der Waals surface area contributed by atoms with Gasteiger partial charge in [0.1, 0.15) is 6.26 Å². The van der Waals surface area contributed by atoms with Crippen LogP contribution in [0.25, 0.3) is 0 Å². The standard InChI is InChI=1S/C14H16N2O3/c1-4-18-14-15-11(8-19-14)13(17)16-12-9(2)6-5-7-10(12)3/h5-8H,4H2,1-3H3,(H,16,17). The van der Waals surface area contributed by atoms with Crippen molar-refractivity contribution < 1.29 is 13.9 Å². The maximum absolute atomic E-state index is 12.0. The Morgan fingerprint density at radius 1 is 1.37 bits per heavy atom. The number of hydrogen-bond acceptors (Lipinski definition) is 4. The van der Waals surface area contributed by atoms with Gasteiger partial charge in [-0.3, -0.25) is 4.79 Å². The number of rotatable bonds is 4. The summed E-state index contributed by atoms with van der Waals surface area (Å²) in [4.78, 5) is 16.0. The maximum Gasteiger partial charge on any atom is 0.394 e. The highest BCUT2D eigenvalue weighted by molar-refractivity contribution is 6.03. The zero-order valence-corrected chi connectivity index (χ0v) is 11.2. The van der Waals surface area contributed by atoms with E-state index in [2.05, 4.69) is 10.3 Å². The normalized spacial score (nSPS) is 10.3. The molecular weight excluding hydrogens is 244 g/mol. The molecule has 1 amide bonds. The molecule has 0 aliphatic carbocycles. The summed E-state index contributed by atoms with van der Waals surface area (Å²) in [5, 5.41) is 2.83. The third-order valence-electron chi connectivity index (χ3n) is 2.70. The number of hydrogen-bond donors (Lipinski definition) is 1. The van der Waals surface area contributed by atoms with Gasteiger partial charge in [-0.05, 0) is 31.9 Å². The predicted molar refractivity (Wildman–Crippen MR) is 71.5 cm³/mol. The van der Waals surface area contributed by atoms with Gasteiger partial charge >= 0.3 is 6.08 Å². The first-order chi connectivity index (χ1) is 9.11. The van der Waals surface area contributed by atoms with E-state index < -0.39 is 0 Å². The van der Waals surface area contributed by atoms with Gasteiger partial charge in [0.2, 0.25) is 0 Å². The van der Waals surface area contributed by atoms with Gasteiger partial charge in [0.05, 0.1) is 6.61 Å². The SMILES string of the molecule is CCOc1nc(C(=O)Nc2c(C)cccc2C)co1. The van der Waals surface area contributed by atoms with Crippen molar-refractivity contribution in [1.29, 1.82) is 0 Å². The van der Waals surface area contributed by atoms with Crippen molar-refractivity contribution in [3.05, 3.63) is 41.3 Å². The fourth-order valence-corrected chi connectivity index (χ4v) is 1.74. The summed E-state index contributed by atoms with van der Waals surface area (Å²) in [5.41, 5.74) is 3.00. The molecule has 5 heteroatoms. The fraction of sp³-hybridized carbons (Fsp3) is 0.286. The molecule has 0 fully saturated rings. The van der Waals surface area contributed by atoms with Crippen LogP contribution < -0.4 is 10.1 Å². The predicted octanol–water partition coefficient (Wildman–Crippen LogP) is 2.94. The number of oxazole rings is 1. The molecule has 0 aliphatic rings. The van der Waals surface area contributed by atoms with Crippen molar-refractivity contribution in [3.63, 3.8) is 0 Å². The second-order valence-electron chi connectivity index (χ2n) is 4.15. The molecule has 0 saturated heterocycles. The van der Waals surface area contributed by atoms with Crippen molar-refractivity contribution in [2.45, 2.75) is 20.8 Å². The molecule has 1 heterocycles. The van der Waals surface area contributed by atoms with Crippen LogP contribution in [0.3, 0.4) is 0 Å². The van der Waals surface area contributed by atoms with E-state index in [1.165, 1.54) is 6.26 Å². The Morgan fingerprint density at radius 3 is 2.68 bits per heavy atom. The van der Waals surface area contributed by atoms with Gasteiger partial charge in [0.25, 0.3) is 5.91 Å². The van der Waals surface area contributed by atoms with E-state index in [9.17, 15) is 4.79 Å². The minimum atomic E-state index is -0.313. The van der Waals surface area contributed by atoms with Crippen LogP contribution in [0.1, 0.15) is 28.5 Å². The third kappa shape index (κ3) is 2.93. The van der Waals surface area contributed by atoms with E-state index in [0.717, 1.165) is 16.8 Å². The number of aromatic nitrogens is 1. The van der Waals surface area contributed by atoms with E-state index in [0.29, 0.717) is 6.61 Å². The average molecular weight is 260 g/mol.